The quantitative estimate of drug-likeness (QED) is 0.314. The molecule has 0 radical (unpaired) electrons. The minimum atomic E-state index is 0. The fourth-order valence-electron chi connectivity index (χ4n) is 3.38. The number of rotatable bonds is 5. The molecule has 7 heteroatoms. The Morgan fingerprint density at radius 1 is 1.07 bits per heavy atom. The van der Waals surface area contributed by atoms with Crippen molar-refractivity contribution in [3.8, 4) is 11.1 Å². The summed E-state index contributed by atoms with van der Waals surface area (Å²) in [4.78, 5) is 11.0. The summed E-state index contributed by atoms with van der Waals surface area (Å²) in [7, 11) is 0. The van der Waals surface area contributed by atoms with E-state index in [9.17, 15) is 0 Å². The van der Waals surface area contributed by atoms with E-state index >= 15 is 0 Å². The maximum atomic E-state index is 6.23. The van der Waals surface area contributed by atoms with Gasteiger partial charge in [0, 0.05) is 43.5 Å². The lowest BCUT2D eigenvalue weighted by Gasteiger charge is -2.27. The number of nitrogens with zero attached hydrogens (tertiary/aromatic N) is 4. The largest absolute Gasteiger partial charge is 0.370 e. The topological polar surface area (TPSA) is 59.4 Å². The zero-order valence-electron chi connectivity index (χ0n) is 16.3. The first-order valence-corrected chi connectivity index (χ1v) is 10.7. The van der Waals surface area contributed by atoms with E-state index in [2.05, 4.69) is 68.0 Å². The Hall–Kier alpha value is -2.00. The van der Waals surface area contributed by atoms with Gasteiger partial charge in [-0.15, -0.1) is 24.0 Å². The molecule has 2 aromatic carbocycles. The van der Waals surface area contributed by atoms with Gasteiger partial charge in [-0.1, -0.05) is 48.5 Å². The predicted molar refractivity (Wildman–Crippen MR) is 133 cm³/mol. The van der Waals surface area contributed by atoms with Gasteiger partial charge in [0.05, 0.1) is 12.9 Å². The van der Waals surface area contributed by atoms with Gasteiger partial charge in [-0.05, 0) is 22.3 Å². The summed E-state index contributed by atoms with van der Waals surface area (Å²) >= 11 is 1.98. The molecule has 29 heavy (non-hydrogen) atoms. The summed E-state index contributed by atoms with van der Waals surface area (Å²) in [6.07, 6.45) is 5.62. The Morgan fingerprint density at radius 3 is 2.55 bits per heavy atom. The average Bonchev–Trinajstić information content (AvgIpc) is 3.26. The zero-order valence-corrected chi connectivity index (χ0v) is 19.4. The molecule has 1 saturated heterocycles. The van der Waals surface area contributed by atoms with Crippen molar-refractivity contribution in [3.05, 3.63) is 78.4 Å². The van der Waals surface area contributed by atoms with Gasteiger partial charge in [0.15, 0.2) is 5.96 Å². The number of guanidine groups is 1. The van der Waals surface area contributed by atoms with Crippen LogP contribution >= 0.6 is 35.7 Å². The highest BCUT2D eigenvalue weighted by atomic mass is 127. The molecule has 0 aliphatic carbocycles. The van der Waals surface area contributed by atoms with Gasteiger partial charge >= 0.3 is 0 Å². The molecular weight excluding hydrogens is 493 g/mol. The van der Waals surface area contributed by atoms with Crippen LogP contribution in [-0.2, 0) is 13.1 Å². The van der Waals surface area contributed by atoms with E-state index < -0.39 is 0 Å². The lowest BCUT2D eigenvalue weighted by atomic mass is 9.98. The number of aromatic nitrogens is 2. The summed E-state index contributed by atoms with van der Waals surface area (Å²) in [6, 6.07) is 17.1. The van der Waals surface area contributed by atoms with Crippen LogP contribution in [-0.4, -0.2) is 45.0 Å². The minimum absolute atomic E-state index is 0. The molecule has 4 rings (SSSR count). The molecule has 2 heterocycles. The summed E-state index contributed by atoms with van der Waals surface area (Å²) in [5.74, 6) is 2.90. The molecule has 1 fully saturated rings. The number of imidazole rings is 1. The Morgan fingerprint density at radius 2 is 1.83 bits per heavy atom. The molecule has 1 aliphatic heterocycles. The van der Waals surface area contributed by atoms with E-state index in [1.54, 1.807) is 6.20 Å². The second-order valence-electron chi connectivity index (χ2n) is 6.86. The SMILES string of the molecule is I.NC(=NCc1ccccc1-c1ccc(Cn2ccnc2)cc1)N1CCSCC1. The Bertz CT molecular complexity index is 919. The van der Waals surface area contributed by atoms with E-state index in [1.165, 1.54) is 22.3 Å². The lowest BCUT2D eigenvalue weighted by molar-refractivity contribution is 0.455. The van der Waals surface area contributed by atoms with Gasteiger partial charge in [0.2, 0.25) is 0 Å². The molecule has 1 aromatic heterocycles. The standard InChI is InChI=1S/C22H25N5S.HI/c23-22(27-11-13-28-14-12-27)25-15-20-3-1-2-4-21(20)19-7-5-18(6-8-19)16-26-10-9-24-17-26;/h1-10,17H,11-16H2,(H2,23,25);1H. The first-order chi connectivity index (χ1) is 13.8. The molecule has 0 atom stereocenters. The Labute approximate surface area is 193 Å². The van der Waals surface area contributed by atoms with Crippen molar-refractivity contribution in [2.45, 2.75) is 13.1 Å². The third-order valence-electron chi connectivity index (χ3n) is 4.95. The molecule has 152 valence electrons. The molecule has 3 aromatic rings. The summed E-state index contributed by atoms with van der Waals surface area (Å²) in [5.41, 5.74) is 11.1. The van der Waals surface area contributed by atoms with Gasteiger partial charge in [0.25, 0.3) is 0 Å². The van der Waals surface area contributed by atoms with Crippen LogP contribution in [0.4, 0.5) is 0 Å². The molecule has 0 saturated carbocycles. The molecule has 0 bridgehead atoms. The monoisotopic (exact) mass is 519 g/mol. The van der Waals surface area contributed by atoms with Crippen molar-refractivity contribution >= 4 is 41.7 Å². The van der Waals surface area contributed by atoms with Crippen LogP contribution in [0, 0.1) is 0 Å². The lowest BCUT2D eigenvalue weighted by Crippen LogP contribution is -2.42. The fourth-order valence-corrected chi connectivity index (χ4v) is 4.28. The second kappa shape index (κ2) is 10.7. The smallest absolute Gasteiger partial charge is 0.191 e. The van der Waals surface area contributed by atoms with Crippen LogP contribution in [0.25, 0.3) is 11.1 Å². The van der Waals surface area contributed by atoms with Gasteiger partial charge in [-0.2, -0.15) is 11.8 Å². The maximum Gasteiger partial charge on any atom is 0.191 e. The van der Waals surface area contributed by atoms with Crippen LogP contribution in [0.15, 0.2) is 72.2 Å². The van der Waals surface area contributed by atoms with Crippen LogP contribution in [0.3, 0.4) is 0 Å². The van der Waals surface area contributed by atoms with Crippen molar-refractivity contribution in [2.75, 3.05) is 24.6 Å². The highest BCUT2D eigenvalue weighted by Crippen LogP contribution is 2.25. The number of hydrogen-bond donors (Lipinski definition) is 1. The van der Waals surface area contributed by atoms with Crippen molar-refractivity contribution in [3.63, 3.8) is 0 Å². The second-order valence-corrected chi connectivity index (χ2v) is 8.09. The fraction of sp³-hybridized carbons (Fsp3) is 0.273. The number of halogens is 1. The third kappa shape index (κ3) is 5.76. The Balaban J connectivity index is 0.00000240. The number of nitrogens with two attached hydrogens (primary N) is 1. The molecular formula is C22H26IN5S. The summed E-state index contributed by atoms with van der Waals surface area (Å²) in [5, 5.41) is 0. The molecule has 2 N–H and O–H groups in total. The first kappa shape index (κ1) is 21.7. The van der Waals surface area contributed by atoms with E-state index in [1.807, 2.05) is 24.3 Å². The molecule has 0 spiro atoms. The zero-order chi connectivity index (χ0) is 19.2. The third-order valence-corrected chi connectivity index (χ3v) is 5.90. The number of hydrogen-bond acceptors (Lipinski definition) is 3. The van der Waals surface area contributed by atoms with Crippen molar-refractivity contribution < 1.29 is 0 Å². The van der Waals surface area contributed by atoms with Crippen molar-refractivity contribution in [1.82, 2.24) is 14.5 Å². The van der Waals surface area contributed by atoms with Crippen LogP contribution in [0.1, 0.15) is 11.1 Å². The summed E-state index contributed by atoms with van der Waals surface area (Å²) < 4.78 is 2.07. The highest BCUT2D eigenvalue weighted by molar-refractivity contribution is 14.0. The van der Waals surface area contributed by atoms with E-state index in [0.717, 1.165) is 31.1 Å². The molecule has 5 nitrogen and oxygen atoms in total. The predicted octanol–water partition coefficient (Wildman–Crippen LogP) is 4.08. The van der Waals surface area contributed by atoms with E-state index in [0.29, 0.717) is 12.5 Å². The molecule has 0 unspecified atom stereocenters. The van der Waals surface area contributed by atoms with Crippen LogP contribution in [0.2, 0.25) is 0 Å². The number of thioether (sulfide) groups is 1. The van der Waals surface area contributed by atoms with E-state index in [4.69, 9.17) is 5.73 Å². The van der Waals surface area contributed by atoms with Crippen molar-refractivity contribution in [1.29, 1.82) is 0 Å². The highest BCUT2D eigenvalue weighted by Gasteiger charge is 2.12. The Kier molecular flexibility index (Phi) is 8.00. The summed E-state index contributed by atoms with van der Waals surface area (Å²) in [6.45, 7) is 3.40. The van der Waals surface area contributed by atoms with Gasteiger partial charge in [-0.3, -0.25) is 0 Å². The van der Waals surface area contributed by atoms with Gasteiger partial charge in [0.1, 0.15) is 0 Å². The number of aliphatic imine (C=N–C) groups is 1. The number of benzene rings is 2. The average molecular weight is 519 g/mol. The molecule has 0 amide bonds. The van der Waals surface area contributed by atoms with Gasteiger partial charge < -0.3 is 15.2 Å². The van der Waals surface area contributed by atoms with E-state index in [-0.39, 0.29) is 24.0 Å². The van der Waals surface area contributed by atoms with Crippen LogP contribution in [0.5, 0.6) is 0 Å². The molecule has 1 aliphatic rings. The maximum absolute atomic E-state index is 6.23. The normalized spacial score (nSPS) is 14.5. The van der Waals surface area contributed by atoms with Gasteiger partial charge in [-0.25, -0.2) is 9.98 Å². The minimum Gasteiger partial charge on any atom is -0.370 e. The first-order valence-electron chi connectivity index (χ1n) is 9.55. The van der Waals surface area contributed by atoms with Crippen LogP contribution < -0.4 is 5.73 Å². The van der Waals surface area contributed by atoms with Crippen molar-refractivity contribution in [2.24, 2.45) is 10.7 Å².